The average Bonchev–Trinajstić information content (AvgIpc) is 2.69. The molecule has 1 saturated heterocycles. The molecule has 0 radical (unpaired) electrons. The summed E-state index contributed by atoms with van der Waals surface area (Å²) in [6.07, 6.45) is 2.65. The molecule has 1 aromatic heterocycles. The van der Waals surface area contributed by atoms with E-state index in [1.807, 2.05) is 11.3 Å². The van der Waals surface area contributed by atoms with Gasteiger partial charge in [0.25, 0.3) is 0 Å². The van der Waals surface area contributed by atoms with E-state index in [4.69, 9.17) is 0 Å². The molecule has 1 aromatic rings. The van der Waals surface area contributed by atoms with E-state index < -0.39 is 0 Å². The first-order chi connectivity index (χ1) is 8.67. The molecule has 5 heteroatoms. The van der Waals surface area contributed by atoms with E-state index >= 15 is 0 Å². The second-order valence-corrected chi connectivity index (χ2v) is 8.06. The number of hydrogen-bond acceptors (Lipinski definition) is 3. The summed E-state index contributed by atoms with van der Waals surface area (Å²) in [6.45, 7) is 5.74. The van der Waals surface area contributed by atoms with Crippen molar-refractivity contribution in [3.05, 3.63) is 19.2 Å². The van der Waals surface area contributed by atoms with Crippen LogP contribution in [-0.4, -0.2) is 31.6 Å². The Bertz CT molecular complexity index is 373. The maximum atomic E-state index is 3.62. The molecule has 0 bridgehead atoms. The summed E-state index contributed by atoms with van der Waals surface area (Å²) in [5.41, 5.74) is 0. The third-order valence-electron chi connectivity index (χ3n) is 3.69. The molecule has 0 aromatic carbocycles. The molecule has 2 rings (SSSR count). The molecule has 0 spiro atoms. The summed E-state index contributed by atoms with van der Waals surface area (Å²) in [5.74, 6) is 0.723. The highest BCUT2D eigenvalue weighted by atomic mass is 79.9. The molecule has 2 atom stereocenters. The van der Waals surface area contributed by atoms with Gasteiger partial charge in [0.1, 0.15) is 0 Å². The lowest BCUT2D eigenvalue weighted by Gasteiger charge is -2.40. The number of piperidine rings is 1. The van der Waals surface area contributed by atoms with Gasteiger partial charge in [-0.1, -0.05) is 6.92 Å². The molecule has 0 saturated carbocycles. The molecule has 1 fully saturated rings. The number of hydrogen-bond donors (Lipinski definition) is 1. The molecular weight excluding hydrogens is 376 g/mol. The van der Waals surface area contributed by atoms with E-state index in [2.05, 4.69) is 62.1 Å². The van der Waals surface area contributed by atoms with Crippen LogP contribution in [0.4, 0.5) is 0 Å². The summed E-state index contributed by atoms with van der Waals surface area (Å²) in [5, 5.41) is 3.36. The van der Waals surface area contributed by atoms with Gasteiger partial charge in [0.2, 0.25) is 0 Å². The van der Waals surface area contributed by atoms with Crippen LogP contribution in [0.1, 0.15) is 30.7 Å². The second-order valence-electron chi connectivity index (χ2n) is 4.80. The highest BCUT2D eigenvalue weighted by Crippen LogP contribution is 2.43. The van der Waals surface area contributed by atoms with Crippen LogP contribution in [0.3, 0.4) is 0 Å². The molecule has 18 heavy (non-hydrogen) atoms. The summed E-state index contributed by atoms with van der Waals surface area (Å²) in [6, 6.07) is 2.86. The molecular formula is C13H20Br2N2S. The smallest absolute Gasteiger partial charge is 0.0843 e. The highest BCUT2D eigenvalue weighted by molar-refractivity contribution is 9.13. The fraction of sp³-hybridized carbons (Fsp3) is 0.692. The van der Waals surface area contributed by atoms with Gasteiger partial charge in [-0.15, -0.1) is 11.3 Å². The van der Waals surface area contributed by atoms with E-state index in [1.54, 1.807) is 0 Å². The first kappa shape index (κ1) is 15.0. The van der Waals surface area contributed by atoms with Gasteiger partial charge in [-0.2, -0.15) is 0 Å². The van der Waals surface area contributed by atoms with E-state index in [0.717, 1.165) is 19.0 Å². The van der Waals surface area contributed by atoms with Crippen LogP contribution in [0, 0.1) is 5.92 Å². The van der Waals surface area contributed by atoms with E-state index in [0.29, 0.717) is 6.04 Å². The van der Waals surface area contributed by atoms with E-state index in [1.165, 1.54) is 32.5 Å². The lowest BCUT2D eigenvalue weighted by atomic mass is 9.88. The summed E-state index contributed by atoms with van der Waals surface area (Å²) < 4.78 is 2.40. The lowest BCUT2D eigenvalue weighted by Crippen LogP contribution is -2.41. The Hall–Kier alpha value is 0.580. The number of thiophene rings is 1. The topological polar surface area (TPSA) is 15.3 Å². The van der Waals surface area contributed by atoms with Crippen molar-refractivity contribution in [2.24, 2.45) is 5.92 Å². The normalized spacial score (nSPS) is 25.6. The minimum Gasteiger partial charge on any atom is -0.319 e. The van der Waals surface area contributed by atoms with Gasteiger partial charge in [0, 0.05) is 15.4 Å². The molecule has 0 amide bonds. The van der Waals surface area contributed by atoms with Crippen LogP contribution in [0.5, 0.6) is 0 Å². The molecule has 2 heterocycles. The number of rotatable bonds is 4. The summed E-state index contributed by atoms with van der Waals surface area (Å²) in [4.78, 5) is 4.10. The van der Waals surface area contributed by atoms with Crippen molar-refractivity contribution >= 4 is 43.2 Å². The third-order valence-corrected chi connectivity index (χ3v) is 7.02. The first-order valence-electron chi connectivity index (χ1n) is 6.50. The van der Waals surface area contributed by atoms with Crippen LogP contribution in [0.25, 0.3) is 0 Å². The Morgan fingerprint density at radius 2 is 2.28 bits per heavy atom. The molecule has 0 aliphatic carbocycles. The molecule has 1 N–H and O–H groups in total. The zero-order valence-electron chi connectivity index (χ0n) is 10.9. The number of nitrogens with zero attached hydrogens (tertiary/aromatic N) is 1. The Balaban J connectivity index is 2.27. The first-order valence-corrected chi connectivity index (χ1v) is 8.91. The maximum absolute atomic E-state index is 3.62. The highest BCUT2D eigenvalue weighted by Gasteiger charge is 2.32. The van der Waals surface area contributed by atoms with Crippen molar-refractivity contribution in [2.75, 3.05) is 26.7 Å². The summed E-state index contributed by atoms with van der Waals surface area (Å²) in [7, 11) is 2.06. The number of nitrogens with one attached hydrogen (secondary N) is 1. The lowest BCUT2D eigenvalue weighted by molar-refractivity contribution is 0.101. The average molecular weight is 396 g/mol. The minimum atomic E-state index is 0.573. The van der Waals surface area contributed by atoms with Gasteiger partial charge in [0.05, 0.1) is 3.79 Å². The monoisotopic (exact) mass is 394 g/mol. The van der Waals surface area contributed by atoms with Crippen molar-refractivity contribution in [3.63, 3.8) is 0 Å². The zero-order valence-corrected chi connectivity index (χ0v) is 14.9. The zero-order chi connectivity index (χ0) is 13.1. The standard InChI is InChI=1S/C13H20Br2N2S/c1-3-17-6-4-5-9(8-16-2)12(17)11-7-10(14)13(15)18-11/h7,9,12,16H,3-6,8H2,1-2H3. The summed E-state index contributed by atoms with van der Waals surface area (Å²) >= 11 is 9.10. The maximum Gasteiger partial charge on any atom is 0.0843 e. The Kier molecular flexibility index (Phi) is 5.69. The number of likely N-dealkylation sites (tertiary alicyclic amines) is 1. The molecule has 2 nitrogen and oxygen atoms in total. The van der Waals surface area contributed by atoms with Crippen molar-refractivity contribution < 1.29 is 0 Å². The molecule has 2 unspecified atom stereocenters. The van der Waals surface area contributed by atoms with E-state index in [9.17, 15) is 0 Å². The Morgan fingerprint density at radius 3 is 2.83 bits per heavy atom. The van der Waals surface area contributed by atoms with Crippen LogP contribution in [0.15, 0.2) is 14.3 Å². The van der Waals surface area contributed by atoms with Crippen LogP contribution < -0.4 is 5.32 Å². The largest absolute Gasteiger partial charge is 0.319 e. The van der Waals surface area contributed by atoms with Gasteiger partial charge in [0.15, 0.2) is 0 Å². The van der Waals surface area contributed by atoms with Crippen LogP contribution in [0.2, 0.25) is 0 Å². The van der Waals surface area contributed by atoms with Gasteiger partial charge in [-0.3, -0.25) is 4.90 Å². The SMILES string of the molecule is CCN1CCCC(CNC)C1c1cc(Br)c(Br)s1. The van der Waals surface area contributed by atoms with Gasteiger partial charge < -0.3 is 5.32 Å². The predicted octanol–water partition coefficient (Wildman–Crippen LogP) is 4.27. The quantitative estimate of drug-likeness (QED) is 0.818. The molecule has 1 aliphatic rings. The van der Waals surface area contributed by atoms with E-state index in [-0.39, 0.29) is 0 Å². The van der Waals surface area contributed by atoms with Gasteiger partial charge in [-0.25, -0.2) is 0 Å². The Morgan fingerprint density at radius 1 is 1.50 bits per heavy atom. The van der Waals surface area contributed by atoms with Crippen LogP contribution >= 0.6 is 43.2 Å². The van der Waals surface area contributed by atoms with Crippen LogP contribution in [-0.2, 0) is 0 Å². The Labute approximate surface area is 130 Å². The second kappa shape index (κ2) is 6.84. The fourth-order valence-corrected chi connectivity index (χ4v) is 5.22. The molecule has 1 aliphatic heterocycles. The predicted molar refractivity (Wildman–Crippen MR) is 86.4 cm³/mol. The van der Waals surface area contributed by atoms with Gasteiger partial charge in [-0.05, 0) is 83.4 Å². The number of halogens is 2. The van der Waals surface area contributed by atoms with Crippen molar-refractivity contribution in [2.45, 2.75) is 25.8 Å². The van der Waals surface area contributed by atoms with Gasteiger partial charge >= 0.3 is 0 Å². The minimum absolute atomic E-state index is 0.573. The van der Waals surface area contributed by atoms with Crippen molar-refractivity contribution in [3.8, 4) is 0 Å². The van der Waals surface area contributed by atoms with Crippen molar-refractivity contribution in [1.82, 2.24) is 10.2 Å². The fourth-order valence-electron chi connectivity index (χ4n) is 2.90. The third kappa shape index (κ3) is 3.18. The van der Waals surface area contributed by atoms with Crippen molar-refractivity contribution in [1.29, 1.82) is 0 Å². The molecule has 102 valence electrons.